The van der Waals surface area contributed by atoms with Gasteiger partial charge in [0.15, 0.2) is 0 Å². The maximum Gasteiger partial charge on any atom is 0.133 e. The van der Waals surface area contributed by atoms with E-state index in [4.69, 9.17) is 10.5 Å². The molecule has 0 amide bonds. The second kappa shape index (κ2) is 24.5. The van der Waals surface area contributed by atoms with E-state index >= 15 is 0 Å². The molecule has 0 fully saturated rings. The number of carbonyl (C=O) groups excluding carboxylic acids is 1. The molecule has 1 unspecified atom stereocenters. The highest BCUT2D eigenvalue weighted by atomic mass is 31.0. The molecule has 4 nitrogen and oxygen atoms in total. The lowest BCUT2D eigenvalue weighted by Crippen LogP contribution is -2.09. The van der Waals surface area contributed by atoms with Gasteiger partial charge in [-0.3, -0.25) is 5.09 Å². The molecule has 0 aliphatic rings. The second-order valence-corrected chi connectivity index (χ2v) is 1.22. The number of hydrogen-bond donors (Lipinski definition) is 3. The molecule has 0 spiro atoms. The van der Waals surface area contributed by atoms with E-state index in [1.165, 1.54) is 0 Å². The Morgan fingerprint density at radius 1 is 1.56 bits per heavy atom. The first kappa shape index (κ1) is 16.0. The van der Waals surface area contributed by atoms with E-state index in [0.29, 0.717) is 13.0 Å². The van der Waals surface area contributed by atoms with Crippen LogP contribution >= 0.6 is 9.39 Å². The molecule has 1 atom stereocenters. The van der Waals surface area contributed by atoms with Gasteiger partial charge in [0, 0.05) is 13.2 Å². The number of hydrogen-bond acceptors (Lipinski definition) is 4. The number of nitrogens with two attached hydrogens (primary N) is 2. The monoisotopic (exact) mass is 153 g/mol. The van der Waals surface area contributed by atoms with Crippen LogP contribution in [0.25, 0.3) is 0 Å². The number of carbonyl (C=O) groups is 1. The van der Waals surface area contributed by atoms with Crippen molar-refractivity contribution in [3.05, 3.63) is 0 Å². The van der Waals surface area contributed by atoms with Gasteiger partial charge in [-0.2, -0.15) is 0 Å². The SMILES string of the molecule is C.NCC=O.NCNP. The van der Waals surface area contributed by atoms with Crippen LogP contribution in [0.1, 0.15) is 7.43 Å². The van der Waals surface area contributed by atoms with E-state index in [0.717, 1.165) is 0 Å². The van der Waals surface area contributed by atoms with Crippen LogP contribution in [0.5, 0.6) is 0 Å². The molecule has 58 valence electrons. The van der Waals surface area contributed by atoms with Crippen molar-refractivity contribution in [2.45, 2.75) is 7.43 Å². The van der Waals surface area contributed by atoms with Gasteiger partial charge in [-0.05, 0) is 0 Å². The first-order valence-corrected chi connectivity index (χ1v) is 2.68. The fraction of sp³-hybridized carbons (Fsp3) is 0.750. The molecule has 0 bridgehead atoms. The van der Waals surface area contributed by atoms with Crippen molar-refractivity contribution >= 4 is 15.7 Å². The van der Waals surface area contributed by atoms with Gasteiger partial charge < -0.3 is 16.3 Å². The summed E-state index contributed by atoms with van der Waals surface area (Å²) in [6, 6.07) is 0. The molecule has 0 heterocycles. The maximum absolute atomic E-state index is 9.05. The summed E-state index contributed by atoms with van der Waals surface area (Å²) in [5, 5.41) is 2.62. The van der Waals surface area contributed by atoms with Gasteiger partial charge in [0.1, 0.15) is 6.29 Å². The topological polar surface area (TPSA) is 81.1 Å². The van der Waals surface area contributed by atoms with E-state index in [2.05, 4.69) is 20.2 Å². The Morgan fingerprint density at radius 2 is 1.78 bits per heavy atom. The van der Waals surface area contributed by atoms with Gasteiger partial charge in [-0.1, -0.05) is 16.8 Å². The predicted octanol–water partition coefficient (Wildman–Crippen LogP) is -0.938. The fourth-order valence-corrected chi connectivity index (χ4v) is 0. The lowest BCUT2D eigenvalue weighted by atomic mass is 10.8. The quantitative estimate of drug-likeness (QED) is 0.272. The molecule has 0 aliphatic heterocycles. The van der Waals surface area contributed by atoms with Gasteiger partial charge >= 0.3 is 0 Å². The van der Waals surface area contributed by atoms with E-state index in [-0.39, 0.29) is 14.0 Å². The standard InChI is InChI=1S/C2H5NO.CH7N2P.CH4/c3-1-2-4;2-1-3-4;/h2H,1,3H2;3H,1-2,4H2;1H4. The summed E-state index contributed by atoms with van der Waals surface area (Å²) in [4.78, 5) is 9.05. The van der Waals surface area contributed by atoms with Crippen LogP contribution in [-0.2, 0) is 4.79 Å². The Kier molecular flexibility index (Phi) is 43.6. The van der Waals surface area contributed by atoms with E-state index < -0.39 is 0 Å². The zero-order valence-corrected chi connectivity index (χ0v) is 5.79. The zero-order chi connectivity index (χ0) is 6.83. The van der Waals surface area contributed by atoms with Crippen LogP contribution in [-0.4, -0.2) is 19.5 Å². The molecule has 0 aromatic heterocycles. The molecule has 0 aliphatic carbocycles. The van der Waals surface area contributed by atoms with Crippen molar-refractivity contribution in [3.8, 4) is 0 Å². The van der Waals surface area contributed by atoms with Crippen molar-refractivity contribution in [1.29, 1.82) is 0 Å². The van der Waals surface area contributed by atoms with Gasteiger partial charge in [-0.15, -0.1) is 0 Å². The molecule has 0 rings (SSSR count). The minimum Gasteiger partial charge on any atom is -0.324 e. The normalized spacial score (nSPS) is 6.11. The third kappa shape index (κ3) is 72.8. The molecule has 5 heteroatoms. The lowest BCUT2D eigenvalue weighted by Gasteiger charge is -1.77. The van der Waals surface area contributed by atoms with Crippen LogP contribution < -0.4 is 16.6 Å². The van der Waals surface area contributed by atoms with E-state index in [1.54, 1.807) is 0 Å². The predicted molar refractivity (Wildman–Crippen MR) is 43.7 cm³/mol. The Balaban J connectivity index is -0.0000000720. The summed E-state index contributed by atoms with van der Waals surface area (Å²) in [6.45, 7) is 0.671. The molecule has 0 radical (unpaired) electrons. The highest BCUT2D eigenvalue weighted by molar-refractivity contribution is 7.13. The summed E-state index contributed by atoms with van der Waals surface area (Å²) in [7, 11) is 2.28. The average molecular weight is 153 g/mol. The van der Waals surface area contributed by atoms with Crippen LogP contribution in [0.15, 0.2) is 0 Å². The van der Waals surface area contributed by atoms with Crippen LogP contribution in [0, 0.1) is 0 Å². The summed E-state index contributed by atoms with van der Waals surface area (Å²) in [6.07, 6.45) is 0.653. The van der Waals surface area contributed by atoms with Crippen molar-refractivity contribution in [3.63, 3.8) is 0 Å². The minimum atomic E-state index is 0. The van der Waals surface area contributed by atoms with Crippen LogP contribution in [0.2, 0.25) is 0 Å². The molecular formula is C4H16N3OP. The Hall–Kier alpha value is -0.0200. The van der Waals surface area contributed by atoms with Crippen LogP contribution in [0.3, 0.4) is 0 Å². The molecular weight excluding hydrogens is 137 g/mol. The third-order valence-electron chi connectivity index (χ3n) is 0.214. The first-order chi connectivity index (χ1) is 3.83. The highest BCUT2D eigenvalue weighted by Crippen LogP contribution is 1.53. The van der Waals surface area contributed by atoms with Crippen LogP contribution in [0.4, 0.5) is 0 Å². The molecule has 0 aromatic rings. The maximum atomic E-state index is 9.05. The second-order valence-electron chi connectivity index (χ2n) is 0.811. The van der Waals surface area contributed by atoms with Gasteiger partial charge in [0.25, 0.3) is 0 Å². The summed E-state index contributed by atoms with van der Waals surface area (Å²) >= 11 is 0. The highest BCUT2D eigenvalue weighted by Gasteiger charge is 1.51. The number of nitrogens with one attached hydrogen (secondary N) is 1. The molecule has 0 saturated heterocycles. The largest absolute Gasteiger partial charge is 0.324 e. The summed E-state index contributed by atoms with van der Waals surface area (Å²) in [5.41, 5.74) is 9.56. The van der Waals surface area contributed by atoms with Crippen molar-refractivity contribution in [1.82, 2.24) is 5.09 Å². The minimum absolute atomic E-state index is 0. The summed E-state index contributed by atoms with van der Waals surface area (Å²) < 4.78 is 0. The smallest absolute Gasteiger partial charge is 0.133 e. The van der Waals surface area contributed by atoms with E-state index in [1.807, 2.05) is 0 Å². The lowest BCUT2D eigenvalue weighted by molar-refractivity contribution is -0.106. The molecule has 0 aromatic carbocycles. The Morgan fingerprint density at radius 3 is 1.78 bits per heavy atom. The van der Waals surface area contributed by atoms with Crippen molar-refractivity contribution < 1.29 is 4.79 Å². The first-order valence-electron chi connectivity index (χ1n) is 2.10. The molecule has 9 heavy (non-hydrogen) atoms. The van der Waals surface area contributed by atoms with Crippen molar-refractivity contribution in [2.75, 3.05) is 13.2 Å². The zero-order valence-electron chi connectivity index (χ0n) is 4.63. The average Bonchev–Trinajstić information content (AvgIpc) is 1.88. The number of rotatable bonds is 2. The van der Waals surface area contributed by atoms with Crippen molar-refractivity contribution in [2.24, 2.45) is 11.5 Å². The molecule has 0 saturated carbocycles. The van der Waals surface area contributed by atoms with Gasteiger partial charge in [0.05, 0.1) is 0 Å². The number of aldehydes is 1. The Bertz CT molecular complexity index is 42.8. The summed E-state index contributed by atoms with van der Waals surface area (Å²) in [5.74, 6) is 0. The Labute approximate surface area is 58.6 Å². The fourth-order valence-electron chi connectivity index (χ4n) is 0. The van der Waals surface area contributed by atoms with Gasteiger partial charge in [0.2, 0.25) is 0 Å². The van der Waals surface area contributed by atoms with E-state index in [9.17, 15) is 0 Å². The van der Waals surface area contributed by atoms with Gasteiger partial charge in [-0.25, -0.2) is 0 Å². The third-order valence-corrected chi connectivity index (χ3v) is 0.450. The molecule has 5 N–H and O–H groups in total.